The molecule has 0 radical (unpaired) electrons. The number of rotatable bonds is 2. The third kappa shape index (κ3) is 2.68. The van der Waals surface area contributed by atoms with E-state index in [1.54, 1.807) is 17.0 Å². The maximum Gasteiger partial charge on any atom is 0.335 e. The van der Waals surface area contributed by atoms with Gasteiger partial charge < -0.3 is 10.4 Å². The molecule has 5 heteroatoms. The fourth-order valence-electron chi connectivity index (χ4n) is 2.16. The number of carboxylic acids is 1. The van der Waals surface area contributed by atoms with Crippen LogP contribution in [-0.4, -0.2) is 30.2 Å². The Hall–Kier alpha value is -2.48. The number of carboxylic acid groups (broad SMARTS) is 1. The van der Waals surface area contributed by atoms with Crippen LogP contribution in [0.5, 0.6) is 0 Å². The lowest BCUT2D eigenvalue weighted by Gasteiger charge is -2.29. The maximum absolute atomic E-state index is 11.9. The van der Waals surface area contributed by atoms with E-state index in [-0.39, 0.29) is 18.1 Å². The number of aromatic carboxylic acids is 1. The highest BCUT2D eigenvalue weighted by atomic mass is 16.4. The minimum atomic E-state index is -0.961. The van der Waals surface area contributed by atoms with Crippen molar-refractivity contribution in [3.05, 3.63) is 29.3 Å². The number of hydrogen-bond donors (Lipinski definition) is 2. The van der Waals surface area contributed by atoms with Crippen molar-refractivity contribution in [2.75, 3.05) is 18.0 Å². The molecule has 5 nitrogen and oxygen atoms in total. The minimum Gasteiger partial charge on any atom is -0.478 e. The molecule has 1 aliphatic rings. The van der Waals surface area contributed by atoms with Crippen LogP contribution in [0.3, 0.4) is 0 Å². The summed E-state index contributed by atoms with van der Waals surface area (Å²) >= 11 is 0. The van der Waals surface area contributed by atoms with Crippen LogP contribution in [0.1, 0.15) is 22.3 Å². The standard InChI is InChI=1S/C14H14N2O3/c1-2-7-15-14(19)16-8-3-4-10-9-11(13(17)18)5-6-12(10)16/h1,5-6,9H,3-4,7-8H2,(H,15,19)(H,17,18). The van der Waals surface area contributed by atoms with Crippen LogP contribution in [0.25, 0.3) is 0 Å². The van der Waals surface area contributed by atoms with Crippen LogP contribution in [0, 0.1) is 12.3 Å². The van der Waals surface area contributed by atoms with E-state index in [0.29, 0.717) is 6.54 Å². The van der Waals surface area contributed by atoms with Gasteiger partial charge in [-0.05, 0) is 36.6 Å². The van der Waals surface area contributed by atoms with Gasteiger partial charge in [-0.1, -0.05) is 5.92 Å². The molecule has 0 unspecified atom stereocenters. The number of fused-ring (bicyclic) bond motifs is 1. The molecule has 19 heavy (non-hydrogen) atoms. The van der Waals surface area contributed by atoms with Crippen LogP contribution in [-0.2, 0) is 6.42 Å². The summed E-state index contributed by atoms with van der Waals surface area (Å²) in [6.07, 6.45) is 6.68. The Morgan fingerprint density at radius 2 is 2.26 bits per heavy atom. The zero-order valence-electron chi connectivity index (χ0n) is 10.3. The van der Waals surface area contributed by atoms with Crippen LogP contribution in [0.15, 0.2) is 18.2 Å². The van der Waals surface area contributed by atoms with Gasteiger partial charge in [0.15, 0.2) is 0 Å². The normalized spacial score (nSPS) is 13.3. The van der Waals surface area contributed by atoms with E-state index >= 15 is 0 Å². The van der Waals surface area contributed by atoms with Crippen molar-refractivity contribution in [1.29, 1.82) is 0 Å². The first-order valence-electron chi connectivity index (χ1n) is 5.98. The van der Waals surface area contributed by atoms with Gasteiger partial charge in [0.1, 0.15) is 0 Å². The Bertz CT molecular complexity index is 560. The van der Waals surface area contributed by atoms with Crippen molar-refractivity contribution in [1.82, 2.24) is 5.32 Å². The summed E-state index contributed by atoms with van der Waals surface area (Å²) in [7, 11) is 0. The van der Waals surface area contributed by atoms with E-state index in [4.69, 9.17) is 11.5 Å². The molecular weight excluding hydrogens is 244 g/mol. The van der Waals surface area contributed by atoms with Crippen LogP contribution in [0.4, 0.5) is 10.5 Å². The largest absolute Gasteiger partial charge is 0.478 e. The zero-order chi connectivity index (χ0) is 13.8. The number of amides is 2. The molecule has 1 aromatic rings. The van der Waals surface area contributed by atoms with Gasteiger partial charge >= 0.3 is 12.0 Å². The number of urea groups is 1. The molecule has 2 N–H and O–H groups in total. The van der Waals surface area contributed by atoms with Gasteiger partial charge in [0.2, 0.25) is 0 Å². The lowest BCUT2D eigenvalue weighted by Crippen LogP contribution is -2.43. The lowest BCUT2D eigenvalue weighted by atomic mass is 9.99. The molecule has 98 valence electrons. The molecule has 1 aromatic carbocycles. The Morgan fingerprint density at radius 3 is 2.95 bits per heavy atom. The fourth-order valence-corrected chi connectivity index (χ4v) is 2.16. The average Bonchev–Trinajstić information content (AvgIpc) is 2.43. The fraction of sp³-hybridized carbons (Fsp3) is 0.286. The van der Waals surface area contributed by atoms with Gasteiger partial charge in [0.05, 0.1) is 12.1 Å². The number of carbonyl (C=O) groups is 2. The molecule has 0 fully saturated rings. The average molecular weight is 258 g/mol. The Kier molecular flexibility index (Phi) is 3.71. The van der Waals surface area contributed by atoms with E-state index < -0.39 is 5.97 Å². The SMILES string of the molecule is C#CCNC(=O)N1CCCc2cc(C(=O)O)ccc21. The monoisotopic (exact) mass is 258 g/mol. The molecule has 0 aromatic heterocycles. The second kappa shape index (κ2) is 5.44. The maximum atomic E-state index is 11.9. The summed E-state index contributed by atoms with van der Waals surface area (Å²) in [5, 5.41) is 11.6. The summed E-state index contributed by atoms with van der Waals surface area (Å²) in [4.78, 5) is 24.5. The second-order valence-corrected chi connectivity index (χ2v) is 4.27. The first-order chi connectivity index (χ1) is 9.13. The summed E-state index contributed by atoms with van der Waals surface area (Å²) in [6.45, 7) is 0.785. The number of anilines is 1. The topological polar surface area (TPSA) is 69.6 Å². The van der Waals surface area contributed by atoms with Gasteiger partial charge in [-0.2, -0.15) is 0 Å². The van der Waals surface area contributed by atoms with Crippen LogP contribution in [0.2, 0.25) is 0 Å². The van der Waals surface area contributed by atoms with Crippen LogP contribution < -0.4 is 10.2 Å². The van der Waals surface area contributed by atoms with E-state index in [0.717, 1.165) is 24.1 Å². The number of terminal acetylenes is 1. The van der Waals surface area contributed by atoms with E-state index in [1.807, 2.05) is 0 Å². The van der Waals surface area contributed by atoms with E-state index in [9.17, 15) is 9.59 Å². The van der Waals surface area contributed by atoms with E-state index in [2.05, 4.69) is 11.2 Å². The number of nitrogens with zero attached hydrogens (tertiary/aromatic N) is 1. The van der Waals surface area contributed by atoms with Gasteiger partial charge in [-0.3, -0.25) is 4.90 Å². The molecule has 0 aliphatic carbocycles. The summed E-state index contributed by atoms with van der Waals surface area (Å²) in [6, 6.07) is 4.56. The molecule has 0 spiro atoms. The molecule has 2 rings (SSSR count). The van der Waals surface area contributed by atoms with Crippen molar-refractivity contribution in [2.45, 2.75) is 12.8 Å². The van der Waals surface area contributed by atoms with Crippen molar-refractivity contribution in [2.24, 2.45) is 0 Å². The summed E-state index contributed by atoms with van der Waals surface area (Å²) in [5.74, 6) is 1.39. The molecular formula is C14H14N2O3. The quantitative estimate of drug-likeness (QED) is 0.789. The van der Waals surface area contributed by atoms with Crippen molar-refractivity contribution in [3.8, 4) is 12.3 Å². The van der Waals surface area contributed by atoms with Gasteiger partial charge in [0, 0.05) is 12.2 Å². The third-order valence-electron chi connectivity index (χ3n) is 3.03. The summed E-state index contributed by atoms with van der Waals surface area (Å²) < 4.78 is 0. The molecule has 0 atom stereocenters. The second-order valence-electron chi connectivity index (χ2n) is 4.27. The predicted molar refractivity (Wildman–Crippen MR) is 71.3 cm³/mol. The highest BCUT2D eigenvalue weighted by Crippen LogP contribution is 2.28. The van der Waals surface area contributed by atoms with Crippen molar-refractivity contribution >= 4 is 17.7 Å². The minimum absolute atomic E-state index is 0.178. The molecule has 1 aliphatic heterocycles. The molecule has 1 heterocycles. The van der Waals surface area contributed by atoms with Crippen LogP contribution >= 0.6 is 0 Å². The lowest BCUT2D eigenvalue weighted by molar-refractivity contribution is 0.0696. The van der Waals surface area contributed by atoms with Gasteiger partial charge in [0.25, 0.3) is 0 Å². The van der Waals surface area contributed by atoms with Crippen molar-refractivity contribution < 1.29 is 14.7 Å². The number of carbonyl (C=O) groups excluding carboxylic acids is 1. The predicted octanol–water partition coefficient (Wildman–Crippen LogP) is 1.48. The molecule has 2 amide bonds. The number of aryl methyl sites for hydroxylation is 1. The number of hydrogen-bond acceptors (Lipinski definition) is 2. The zero-order valence-corrected chi connectivity index (χ0v) is 10.3. The van der Waals surface area contributed by atoms with E-state index in [1.165, 1.54) is 6.07 Å². The first kappa shape index (κ1) is 13.0. The first-order valence-corrected chi connectivity index (χ1v) is 5.98. The Labute approximate surface area is 111 Å². The Morgan fingerprint density at radius 1 is 1.47 bits per heavy atom. The third-order valence-corrected chi connectivity index (χ3v) is 3.03. The Balaban J connectivity index is 2.27. The smallest absolute Gasteiger partial charge is 0.335 e. The summed E-state index contributed by atoms with van der Waals surface area (Å²) in [5.41, 5.74) is 1.87. The molecule has 0 saturated heterocycles. The number of nitrogens with one attached hydrogen (secondary N) is 1. The van der Waals surface area contributed by atoms with Gasteiger partial charge in [-0.25, -0.2) is 9.59 Å². The number of benzene rings is 1. The molecule has 0 bridgehead atoms. The highest BCUT2D eigenvalue weighted by molar-refractivity contribution is 5.95. The van der Waals surface area contributed by atoms with Crippen molar-refractivity contribution in [3.63, 3.8) is 0 Å². The van der Waals surface area contributed by atoms with Gasteiger partial charge in [-0.15, -0.1) is 6.42 Å². The highest BCUT2D eigenvalue weighted by Gasteiger charge is 2.22. The molecule has 0 saturated carbocycles.